The highest BCUT2D eigenvalue weighted by atomic mass is 35.5. The molecule has 1 N–H and O–H groups in total. The second-order valence-corrected chi connectivity index (χ2v) is 6.93. The van der Waals surface area contributed by atoms with Gasteiger partial charge < -0.3 is 15.0 Å². The third-order valence-corrected chi connectivity index (χ3v) is 5.07. The molecule has 0 saturated carbocycles. The monoisotopic (exact) mass is 382 g/mol. The van der Waals surface area contributed by atoms with Gasteiger partial charge >= 0.3 is 0 Å². The van der Waals surface area contributed by atoms with Crippen molar-refractivity contribution in [3.8, 4) is 5.69 Å². The van der Waals surface area contributed by atoms with Gasteiger partial charge in [-0.3, -0.25) is 0 Å². The van der Waals surface area contributed by atoms with E-state index < -0.39 is 0 Å². The zero-order valence-corrected chi connectivity index (χ0v) is 15.9. The third kappa shape index (κ3) is 4.33. The summed E-state index contributed by atoms with van der Waals surface area (Å²) in [6, 6.07) is 18.3. The quantitative estimate of drug-likeness (QED) is 0.706. The fourth-order valence-electron chi connectivity index (χ4n) is 3.32. The number of aromatic nitrogens is 2. The van der Waals surface area contributed by atoms with Crippen LogP contribution < -0.4 is 10.2 Å². The SMILES string of the molecule is Clc1cccc(N2CCOCC2)c1CNCc1ccn(-c2ccccc2)n1. The van der Waals surface area contributed by atoms with Crippen LogP contribution in [0.2, 0.25) is 5.02 Å². The van der Waals surface area contributed by atoms with Gasteiger partial charge in [-0.05, 0) is 30.3 Å². The summed E-state index contributed by atoms with van der Waals surface area (Å²) in [7, 11) is 0. The minimum Gasteiger partial charge on any atom is -0.378 e. The minimum atomic E-state index is 0.688. The van der Waals surface area contributed by atoms with E-state index in [0.29, 0.717) is 13.1 Å². The molecular weight excluding hydrogens is 360 g/mol. The number of halogens is 1. The molecule has 4 rings (SSSR count). The van der Waals surface area contributed by atoms with Gasteiger partial charge in [0.25, 0.3) is 0 Å². The second kappa shape index (κ2) is 8.57. The Kier molecular flexibility index (Phi) is 5.72. The lowest BCUT2D eigenvalue weighted by molar-refractivity contribution is 0.122. The number of ether oxygens (including phenoxy) is 1. The van der Waals surface area contributed by atoms with Crippen LogP contribution in [0.25, 0.3) is 5.69 Å². The topological polar surface area (TPSA) is 42.3 Å². The van der Waals surface area contributed by atoms with E-state index in [1.165, 1.54) is 5.69 Å². The van der Waals surface area contributed by atoms with Crippen molar-refractivity contribution in [2.45, 2.75) is 13.1 Å². The molecule has 1 aliphatic rings. The predicted octanol–water partition coefficient (Wildman–Crippen LogP) is 3.65. The zero-order valence-electron chi connectivity index (χ0n) is 15.1. The average molecular weight is 383 g/mol. The molecule has 0 bridgehead atoms. The number of nitrogens with zero attached hydrogens (tertiary/aromatic N) is 3. The van der Waals surface area contributed by atoms with E-state index in [2.05, 4.69) is 21.4 Å². The van der Waals surface area contributed by atoms with Gasteiger partial charge in [-0.25, -0.2) is 4.68 Å². The summed E-state index contributed by atoms with van der Waals surface area (Å²) in [6.07, 6.45) is 1.99. The van der Waals surface area contributed by atoms with Gasteiger partial charge in [-0.1, -0.05) is 35.9 Å². The van der Waals surface area contributed by atoms with Gasteiger partial charge in [-0.15, -0.1) is 0 Å². The molecule has 1 aromatic heterocycles. The fourth-order valence-corrected chi connectivity index (χ4v) is 3.56. The van der Waals surface area contributed by atoms with Crippen LogP contribution in [0, 0.1) is 0 Å². The van der Waals surface area contributed by atoms with E-state index in [4.69, 9.17) is 16.3 Å². The summed E-state index contributed by atoms with van der Waals surface area (Å²) >= 11 is 6.50. The Morgan fingerprint density at radius 2 is 1.78 bits per heavy atom. The van der Waals surface area contributed by atoms with Crippen molar-refractivity contribution in [3.63, 3.8) is 0 Å². The minimum absolute atomic E-state index is 0.688. The summed E-state index contributed by atoms with van der Waals surface area (Å²) in [5.41, 5.74) is 4.37. The maximum atomic E-state index is 6.50. The molecule has 0 radical (unpaired) electrons. The summed E-state index contributed by atoms with van der Waals surface area (Å²) in [4.78, 5) is 2.34. The standard InChI is InChI=1S/C21H23ClN4O/c22-20-7-4-8-21(25-11-13-27-14-12-25)19(20)16-23-15-17-9-10-26(24-17)18-5-2-1-3-6-18/h1-10,23H,11-16H2. The number of para-hydroxylation sites is 1. The van der Waals surface area contributed by atoms with Crippen LogP contribution in [-0.4, -0.2) is 36.1 Å². The largest absolute Gasteiger partial charge is 0.378 e. The predicted molar refractivity (Wildman–Crippen MR) is 109 cm³/mol. The first-order chi connectivity index (χ1) is 13.3. The normalized spacial score (nSPS) is 14.5. The van der Waals surface area contributed by atoms with Gasteiger partial charge in [0.2, 0.25) is 0 Å². The van der Waals surface area contributed by atoms with Gasteiger partial charge in [0.15, 0.2) is 0 Å². The molecule has 2 aromatic carbocycles. The van der Waals surface area contributed by atoms with Crippen LogP contribution >= 0.6 is 11.6 Å². The molecule has 27 heavy (non-hydrogen) atoms. The van der Waals surface area contributed by atoms with Crippen molar-refractivity contribution in [3.05, 3.63) is 77.1 Å². The van der Waals surface area contributed by atoms with E-state index in [-0.39, 0.29) is 0 Å². The molecule has 5 nitrogen and oxygen atoms in total. The molecule has 3 aromatic rings. The maximum Gasteiger partial charge on any atom is 0.0766 e. The van der Waals surface area contributed by atoms with E-state index in [1.54, 1.807) is 0 Å². The second-order valence-electron chi connectivity index (χ2n) is 6.53. The van der Waals surface area contributed by atoms with Gasteiger partial charge in [0.05, 0.1) is 24.6 Å². The Hall–Kier alpha value is -2.34. The first-order valence-electron chi connectivity index (χ1n) is 9.22. The van der Waals surface area contributed by atoms with Crippen LogP contribution in [0.15, 0.2) is 60.8 Å². The van der Waals surface area contributed by atoms with Crippen LogP contribution in [0.1, 0.15) is 11.3 Å². The summed E-state index contributed by atoms with van der Waals surface area (Å²) in [5, 5.41) is 8.92. The lowest BCUT2D eigenvalue weighted by Crippen LogP contribution is -2.37. The molecule has 0 aliphatic carbocycles. The Balaban J connectivity index is 1.41. The molecule has 1 fully saturated rings. The van der Waals surface area contributed by atoms with E-state index in [1.807, 2.05) is 59.4 Å². The van der Waals surface area contributed by atoms with Crippen LogP contribution in [0.5, 0.6) is 0 Å². The molecule has 0 unspecified atom stereocenters. The number of benzene rings is 2. The van der Waals surface area contributed by atoms with E-state index in [0.717, 1.165) is 48.3 Å². The first kappa shape index (κ1) is 18.0. The summed E-state index contributed by atoms with van der Waals surface area (Å²) in [5.74, 6) is 0. The molecule has 0 amide bonds. The fraction of sp³-hybridized carbons (Fsp3) is 0.286. The highest BCUT2D eigenvalue weighted by Gasteiger charge is 2.16. The lowest BCUT2D eigenvalue weighted by Gasteiger charge is -2.31. The Bertz CT molecular complexity index is 875. The molecule has 6 heteroatoms. The Morgan fingerprint density at radius 3 is 2.59 bits per heavy atom. The van der Waals surface area contributed by atoms with Crippen LogP contribution in [0.3, 0.4) is 0 Å². The van der Waals surface area contributed by atoms with Crippen molar-refractivity contribution in [1.82, 2.24) is 15.1 Å². The van der Waals surface area contributed by atoms with Gasteiger partial charge in [0.1, 0.15) is 0 Å². The molecule has 1 aliphatic heterocycles. The number of hydrogen-bond donors (Lipinski definition) is 1. The highest BCUT2D eigenvalue weighted by molar-refractivity contribution is 6.31. The van der Waals surface area contributed by atoms with Crippen molar-refractivity contribution in [1.29, 1.82) is 0 Å². The summed E-state index contributed by atoms with van der Waals surface area (Å²) < 4.78 is 7.36. The van der Waals surface area contributed by atoms with Crippen molar-refractivity contribution in [2.24, 2.45) is 0 Å². The first-order valence-corrected chi connectivity index (χ1v) is 9.60. The number of hydrogen-bond acceptors (Lipinski definition) is 4. The molecule has 0 atom stereocenters. The maximum absolute atomic E-state index is 6.50. The zero-order chi connectivity index (χ0) is 18.5. The van der Waals surface area contributed by atoms with Gasteiger partial charge in [-0.2, -0.15) is 5.10 Å². The molecule has 2 heterocycles. The number of nitrogens with one attached hydrogen (secondary N) is 1. The average Bonchev–Trinajstić information content (AvgIpc) is 3.19. The number of anilines is 1. The van der Waals surface area contributed by atoms with Crippen LogP contribution in [0.4, 0.5) is 5.69 Å². The van der Waals surface area contributed by atoms with E-state index >= 15 is 0 Å². The molecule has 140 valence electrons. The van der Waals surface area contributed by atoms with Crippen molar-refractivity contribution < 1.29 is 4.74 Å². The highest BCUT2D eigenvalue weighted by Crippen LogP contribution is 2.28. The smallest absolute Gasteiger partial charge is 0.0766 e. The molecular formula is C21H23ClN4O. The number of morpholine rings is 1. The van der Waals surface area contributed by atoms with Crippen LogP contribution in [-0.2, 0) is 17.8 Å². The third-order valence-electron chi connectivity index (χ3n) is 4.72. The van der Waals surface area contributed by atoms with Gasteiger partial charge in [0, 0.05) is 48.6 Å². The Morgan fingerprint density at radius 1 is 0.963 bits per heavy atom. The Labute approximate surface area is 164 Å². The van der Waals surface area contributed by atoms with E-state index in [9.17, 15) is 0 Å². The summed E-state index contributed by atoms with van der Waals surface area (Å²) in [6.45, 7) is 4.70. The van der Waals surface area contributed by atoms with Crippen molar-refractivity contribution in [2.75, 3.05) is 31.2 Å². The molecule has 0 spiro atoms. The lowest BCUT2D eigenvalue weighted by atomic mass is 10.1. The molecule has 1 saturated heterocycles. The van der Waals surface area contributed by atoms with Crippen molar-refractivity contribution >= 4 is 17.3 Å². The number of rotatable bonds is 6.